The van der Waals surface area contributed by atoms with Crippen LogP contribution < -0.4 is 4.90 Å². The first-order valence-corrected chi connectivity index (χ1v) is 11.2. The van der Waals surface area contributed by atoms with Gasteiger partial charge in [-0.3, -0.25) is 0 Å². The third-order valence-electron chi connectivity index (χ3n) is 6.56. The molecule has 0 amide bonds. The maximum Gasteiger partial charge on any atom is 0.0709 e. The summed E-state index contributed by atoms with van der Waals surface area (Å²) < 4.78 is 0. The van der Waals surface area contributed by atoms with Crippen LogP contribution in [-0.2, 0) is 6.42 Å². The van der Waals surface area contributed by atoms with Crippen molar-refractivity contribution >= 4 is 27.7 Å². The molecule has 0 saturated carbocycles. The molecule has 0 bridgehead atoms. The van der Waals surface area contributed by atoms with Gasteiger partial charge in [-0.25, -0.2) is 4.98 Å². The predicted octanol–water partition coefficient (Wildman–Crippen LogP) is 7.01. The molecule has 1 aliphatic carbocycles. The highest BCUT2D eigenvalue weighted by Gasteiger charge is 2.33. The van der Waals surface area contributed by atoms with Gasteiger partial charge in [0.05, 0.1) is 11.2 Å². The van der Waals surface area contributed by atoms with Gasteiger partial charge in [0.1, 0.15) is 0 Å². The van der Waals surface area contributed by atoms with E-state index < -0.39 is 0 Å². The first-order valence-electron chi connectivity index (χ1n) is 11.2. The second kappa shape index (κ2) is 7.65. The Labute approximate surface area is 188 Å². The summed E-state index contributed by atoms with van der Waals surface area (Å²) in [6.45, 7) is 4.76. The maximum atomic E-state index is 5.10. The second-order valence-electron chi connectivity index (χ2n) is 8.43. The fourth-order valence-electron chi connectivity index (χ4n) is 5.12. The summed E-state index contributed by atoms with van der Waals surface area (Å²) in [4.78, 5) is 7.39. The molecule has 0 saturated heterocycles. The van der Waals surface area contributed by atoms with Gasteiger partial charge in [-0.05, 0) is 46.9 Å². The molecule has 0 N–H and O–H groups in total. The molecule has 2 heteroatoms. The summed E-state index contributed by atoms with van der Waals surface area (Å²) in [7, 11) is 0. The van der Waals surface area contributed by atoms with E-state index in [4.69, 9.17) is 4.98 Å². The Hall–Kier alpha value is -3.91. The normalized spacial score (nSPS) is 16.9. The second-order valence-corrected chi connectivity index (χ2v) is 8.43. The van der Waals surface area contributed by atoms with E-state index in [2.05, 4.69) is 109 Å². The average molecular weight is 413 g/mol. The van der Waals surface area contributed by atoms with Crippen LogP contribution in [0, 0.1) is 0 Å². The van der Waals surface area contributed by atoms with E-state index in [0.717, 1.165) is 29.6 Å². The lowest BCUT2D eigenvalue weighted by molar-refractivity contribution is 0.986. The van der Waals surface area contributed by atoms with Crippen LogP contribution in [0.2, 0.25) is 0 Å². The molecule has 154 valence electrons. The first kappa shape index (κ1) is 18.8. The first-order chi connectivity index (χ1) is 15.8. The Balaban J connectivity index is 1.58. The minimum Gasteiger partial charge on any atom is -0.344 e. The van der Waals surface area contributed by atoms with Crippen molar-refractivity contribution in [1.29, 1.82) is 0 Å². The van der Waals surface area contributed by atoms with Crippen LogP contribution in [-0.4, -0.2) is 11.5 Å². The van der Waals surface area contributed by atoms with E-state index in [0.29, 0.717) is 0 Å². The fraction of sp³-hybridized carbons (Fsp3) is 0.100. The van der Waals surface area contributed by atoms with Crippen LogP contribution in [0.4, 0.5) is 5.69 Å². The number of pyridine rings is 1. The average Bonchev–Trinajstić information content (AvgIpc) is 3.27. The van der Waals surface area contributed by atoms with Gasteiger partial charge in [-0.2, -0.15) is 0 Å². The van der Waals surface area contributed by atoms with Crippen LogP contribution in [0.15, 0.2) is 110 Å². The number of nitrogens with zero attached hydrogens (tertiary/aromatic N) is 2. The molecule has 0 radical (unpaired) electrons. The number of anilines is 1. The number of para-hydroxylation sites is 2. The minimum absolute atomic E-state index is 0.143. The molecule has 32 heavy (non-hydrogen) atoms. The number of rotatable bonds is 4. The molecule has 2 nitrogen and oxygen atoms in total. The van der Waals surface area contributed by atoms with Crippen molar-refractivity contribution in [2.24, 2.45) is 0 Å². The molecule has 1 unspecified atom stereocenters. The highest BCUT2D eigenvalue weighted by Crippen LogP contribution is 2.50. The van der Waals surface area contributed by atoms with E-state index in [1.807, 2.05) is 6.08 Å². The Morgan fingerprint density at radius 3 is 2.62 bits per heavy atom. The van der Waals surface area contributed by atoms with E-state index in [9.17, 15) is 0 Å². The number of hydrogen-bond acceptors (Lipinski definition) is 2. The monoisotopic (exact) mass is 412 g/mol. The SMILES string of the molecule is C=CCN1C=C(c2ccc3ccccc3n2)C(C2=CCc3ccccc32)c2ccccc21. The van der Waals surface area contributed by atoms with Gasteiger partial charge in [0.15, 0.2) is 0 Å². The Morgan fingerprint density at radius 1 is 0.875 bits per heavy atom. The van der Waals surface area contributed by atoms with Gasteiger partial charge in [0.25, 0.3) is 0 Å². The molecule has 1 aliphatic heterocycles. The van der Waals surface area contributed by atoms with Gasteiger partial charge in [0.2, 0.25) is 0 Å². The summed E-state index contributed by atoms with van der Waals surface area (Å²) >= 11 is 0. The van der Waals surface area contributed by atoms with Crippen molar-refractivity contribution in [3.63, 3.8) is 0 Å². The molecular weight excluding hydrogens is 388 g/mol. The Kier molecular flexibility index (Phi) is 4.50. The standard InChI is InChI=1S/C30H24N2/c1-2-19-32-20-26(28-18-16-22-10-4-7-13-27(22)31-28)30(25-12-6-8-14-29(25)32)24-17-15-21-9-3-5-11-23(21)24/h2-14,16-18,20,30H,1,15,19H2. The van der Waals surface area contributed by atoms with Crippen LogP contribution in [0.5, 0.6) is 0 Å². The summed E-state index contributed by atoms with van der Waals surface area (Å²) in [5.41, 5.74) is 10.0. The molecule has 1 aromatic heterocycles. The minimum atomic E-state index is 0.143. The molecule has 0 fully saturated rings. The molecular formula is C30H24N2. The summed E-state index contributed by atoms with van der Waals surface area (Å²) in [6, 6.07) is 30.2. The maximum absolute atomic E-state index is 5.10. The van der Waals surface area contributed by atoms with Gasteiger partial charge in [0, 0.05) is 35.3 Å². The van der Waals surface area contributed by atoms with E-state index in [-0.39, 0.29) is 5.92 Å². The van der Waals surface area contributed by atoms with Gasteiger partial charge >= 0.3 is 0 Å². The summed E-state index contributed by atoms with van der Waals surface area (Å²) in [5.74, 6) is 0.143. The molecule has 3 aromatic carbocycles. The molecule has 2 heterocycles. The summed E-state index contributed by atoms with van der Waals surface area (Å²) in [6.07, 6.45) is 7.64. The van der Waals surface area contributed by atoms with Crippen LogP contribution in [0.1, 0.15) is 28.3 Å². The number of aromatic nitrogens is 1. The van der Waals surface area contributed by atoms with Crippen molar-refractivity contribution in [3.8, 4) is 0 Å². The third-order valence-corrected chi connectivity index (χ3v) is 6.56. The smallest absolute Gasteiger partial charge is 0.0709 e. The van der Waals surface area contributed by atoms with Crippen LogP contribution in [0.3, 0.4) is 0 Å². The highest BCUT2D eigenvalue weighted by atomic mass is 15.1. The van der Waals surface area contributed by atoms with Crippen LogP contribution in [0.25, 0.3) is 22.0 Å². The number of benzene rings is 3. The lowest BCUT2D eigenvalue weighted by atomic mass is 9.78. The zero-order valence-corrected chi connectivity index (χ0v) is 17.9. The van der Waals surface area contributed by atoms with Gasteiger partial charge in [-0.15, -0.1) is 6.58 Å². The van der Waals surface area contributed by atoms with Crippen molar-refractivity contribution in [2.75, 3.05) is 11.4 Å². The Bertz CT molecular complexity index is 1410. The van der Waals surface area contributed by atoms with Crippen molar-refractivity contribution < 1.29 is 0 Å². The third kappa shape index (κ3) is 2.99. The summed E-state index contributed by atoms with van der Waals surface area (Å²) in [5, 5.41) is 1.16. The molecule has 1 atom stereocenters. The van der Waals surface area contributed by atoms with Gasteiger partial charge < -0.3 is 4.90 Å². The largest absolute Gasteiger partial charge is 0.344 e. The van der Waals surface area contributed by atoms with Crippen molar-refractivity contribution in [3.05, 3.63) is 132 Å². The lowest BCUT2D eigenvalue weighted by Gasteiger charge is -2.35. The Morgan fingerprint density at radius 2 is 1.69 bits per heavy atom. The van der Waals surface area contributed by atoms with E-state index >= 15 is 0 Å². The van der Waals surface area contributed by atoms with Crippen LogP contribution >= 0.6 is 0 Å². The number of hydrogen-bond donors (Lipinski definition) is 0. The topological polar surface area (TPSA) is 16.1 Å². The quantitative estimate of drug-likeness (QED) is 0.335. The van der Waals surface area contributed by atoms with Crippen molar-refractivity contribution in [1.82, 2.24) is 4.98 Å². The van der Waals surface area contributed by atoms with Crippen molar-refractivity contribution in [2.45, 2.75) is 12.3 Å². The zero-order valence-electron chi connectivity index (χ0n) is 17.9. The molecule has 4 aromatic rings. The highest BCUT2D eigenvalue weighted by molar-refractivity contribution is 5.95. The zero-order chi connectivity index (χ0) is 21.5. The van der Waals surface area contributed by atoms with Gasteiger partial charge in [-0.1, -0.05) is 78.9 Å². The number of fused-ring (bicyclic) bond motifs is 3. The number of allylic oxidation sites excluding steroid dienone is 3. The molecule has 2 aliphatic rings. The van der Waals surface area contributed by atoms with E-state index in [1.54, 1.807) is 0 Å². The fourth-order valence-corrected chi connectivity index (χ4v) is 5.12. The van der Waals surface area contributed by atoms with E-state index in [1.165, 1.54) is 33.5 Å². The molecule has 6 rings (SSSR count). The predicted molar refractivity (Wildman–Crippen MR) is 135 cm³/mol. The lowest BCUT2D eigenvalue weighted by Crippen LogP contribution is -2.25. The molecule has 0 spiro atoms.